The van der Waals surface area contributed by atoms with Crippen LogP contribution in [0.1, 0.15) is 53.4 Å². The lowest BCUT2D eigenvalue weighted by Gasteiger charge is -2.27. The van der Waals surface area contributed by atoms with Crippen molar-refractivity contribution in [2.45, 2.75) is 70.6 Å². The minimum absolute atomic E-state index is 0.0000191. The zero-order valence-corrected chi connectivity index (χ0v) is 11.1. The van der Waals surface area contributed by atoms with Gasteiger partial charge >= 0.3 is 0 Å². The van der Waals surface area contributed by atoms with Crippen molar-refractivity contribution in [2.24, 2.45) is 0 Å². The van der Waals surface area contributed by atoms with E-state index in [2.05, 4.69) is 38.9 Å². The summed E-state index contributed by atoms with van der Waals surface area (Å²) in [4.78, 5) is 0. The number of nitrogens with one attached hydrogen (secondary N) is 1. The van der Waals surface area contributed by atoms with Gasteiger partial charge in [-0.1, -0.05) is 0 Å². The van der Waals surface area contributed by atoms with Gasteiger partial charge < -0.3 is 10.1 Å². The Balaban J connectivity index is 2.29. The molecule has 1 saturated heterocycles. The van der Waals surface area contributed by atoms with Crippen LogP contribution in [0.25, 0.3) is 0 Å². The highest BCUT2D eigenvalue weighted by Crippen LogP contribution is 2.37. The van der Waals surface area contributed by atoms with Crippen molar-refractivity contribution in [3.63, 3.8) is 0 Å². The molecule has 0 aromatic rings. The molecule has 2 nitrogen and oxygen atoms in total. The van der Waals surface area contributed by atoms with Crippen LogP contribution in [0.4, 0.5) is 0 Å². The van der Waals surface area contributed by atoms with Gasteiger partial charge in [0, 0.05) is 12.5 Å². The van der Waals surface area contributed by atoms with Gasteiger partial charge in [-0.15, -0.1) is 12.3 Å². The first-order chi connectivity index (χ1) is 7.37. The van der Waals surface area contributed by atoms with Crippen LogP contribution in [0, 0.1) is 12.3 Å². The number of terminal acetylenes is 1. The Bertz CT molecular complexity index is 262. The molecule has 92 valence electrons. The molecular formula is C14H25NO. The third-order valence-corrected chi connectivity index (χ3v) is 3.21. The van der Waals surface area contributed by atoms with E-state index in [0.29, 0.717) is 6.04 Å². The summed E-state index contributed by atoms with van der Waals surface area (Å²) in [5.74, 6) is 2.67. The monoisotopic (exact) mass is 223 g/mol. The van der Waals surface area contributed by atoms with Crippen molar-refractivity contribution >= 4 is 0 Å². The van der Waals surface area contributed by atoms with E-state index in [4.69, 9.17) is 11.2 Å². The first-order valence-corrected chi connectivity index (χ1v) is 6.24. The molecule has 1 N–H and O–H groups in total. The quantitative estimate of drug-likeness (QED) is 0.571. The molecule has 0 aromatic heterocycles. The molecule has 0 aliphatic carbocycles. The van der Waals surface area contributed by atoms with Crippen LogP contribution in [0.3, 0.4) is 0 Å². The zero-order valence-electron chi connectivity index (χ0n) is 11.1. The Labute approximate surface area is 100 Å². The molecule has 2 heteroatoms. The summed E-state index contributed by atoms with van der Waals surface area (Å²) >= 11 is 0. The molecule has 1 unspecified atom stereocenters. The van der Waals surface area contributed by atoms with Gasteiger partial charge in [0.25, 0.3) is 0 Å². The molecule has 1 aliphatic rings. The van der Waals surface area contributed by atoms with Gasteiger partial charge in [0.1, 0.15) is 0 Å². The van der Waals surface area contributed by atoms with Crippen LogP contribution in [0.5, 0.6) is 0 Å². The van der Waals surface area contributed by atoms with Crippen molar-refractivity contribution in [3.8, 4) is 12.3 Å². The number of ether oxygens (including phenoxy) is 1. The van der Waals surface area contributed by atoms with E-state index in [1.165, 1.54) is 0 Å². The van der Waals surface area contributed by atoms with Crippen LogP contribution in [0.15, 0.2) is 0 Å². The average Bonchev–Trinajstić information content (AvgIpc) is 2.34. The Morgan fingerprint density at radius 2 is 2.00 bits per heavy atom. The summed E-state index contributed by atoms with van der Waals surface area (Å²) in [6.07, 6.45) is 9.45. The molecule has 0 bridgehead atoms. The summed E-state index contributed by atoms with van der Waals surface area (Å²) in [5.41, 5.74) is -0.0599. The van der Waals surface area contributed by atoms with Crippen LogP contribution in [0.2, 0.25) is 0 Å². The molecule has 1 aliphatic heterocycles. The largest absolute Gasteiger partial charge is 0.368 e. The third-order valence-electron chi connectivity index (χ3n) is 3.21. The predicted octanol–water partition coefficient (Wildman–Crippen LogP) is 2.73. The van der Waals surface area contributed by atoms with Crippen LogP contribution < -0.4 is 5.32 Å². The number of rotatable bonds is 5. The van der Waals surface area contributed by atoms with Gasteiger partial charge in [-0.2, -0.15) is 0 Å². The molecule has 1 rings (SSSR count). The highest BCUT2D eigenvalue weighted by molar-refractivity contribution is 4.98. The van der Waals surface area contributed by atoms with E-state index in [-0.39, 0.29) is 11.2 Å². The topological polar surface area (TPSA) is 21.3 Å². The minimum Gasteiger partial charge on any atom is -0.368 e. The minimum atomic E-state index is -0.0599. The second-order valence-corrected chi connectivity index (χ2v) is 5.84. The smallest absolute Gasteiger partial charge is 0.0787 e. The molecule has 1 fully saturated rings. The molecule has 1 heterocycles. The van der Waals surface area contributed by atoms with Crippen molar-refractivity contribution in [2.75, 3.05) is 6.54 Å². The summed E-state index contributed by atoms with van der Waals surface area (Å²) in [5, 5.41) is 3.59. The lowest BCUT2D eigenvalue weighted by Crippen LogP contribution is -2.43. The van der Waals surface area contributed by atoms with Crippen LogP contribution >= 0.6 is 0 Å². The Hall–Kier alpha value is -0.520. The average molecular weight is 223 g/mol. The Kier molecular flexibility index (Phi) is 4.41. The van der Waals surface area contributed by atoms with E-state index in [9.17, 15) is 0 Å². The number of hydrogen-bond acceptors (Lipinski definition) is 2. The highest BCUT2D eigenvalue weighted by Gasteiger charge is 2.45. The van der Waals surface area contributed by atoms with Gasteiger partial charge in [0.05, 0.1) is 11.2 Å². The number of hydrogen-bond donors (Lipinski definition) is 1. The van der Waals surface area contributed by atoms with Gasteiger partial charge in [0.15, 0.2) is 0 Å². The van der Waals surface area contributed by atoms with E-state index in [0.717, 1.165) is 32.2 Å². The summed E-state index contributed by atoms with van der Waals surface area (Å²) in [6.45, 7) is 9.69. The van der Waals surface area contributed by atoms with E-state index < -0.39 is 0 Å². The maximum Gasteiger partial charge on any atom is 0.0787 e. The number of unbranched alkanes of at least 4 members (excludes halogenated alkanes) is 2. The maximum atomic E-state index is 6.03. The first kappa shape index (κ1) is 13.5. The van der Waals surface area contributed by atoms with E-state index in [1.54, 1.807) is 0 Å². The molecule has 0 aromatic carbocycles. The fourth-order valence-electron chi connectivity index (χ4n) is 2.51. The van der Waals surface area contributed by atoms with Gasteiger partial charge in [-0.3, -0.25) is 0 Å². The third kappa shape index (κ3) is 3.81. The summed E-state index contributed by atoms with van der Waals surface area (Å²) in [7, 11) is 0. The normalized spacial score (nSPS) is 26.6. The van der Waals surface area contributed by atoms with Crippen molar-refractivity contribution in [3.05, 3.63) is 0 Å². The zero-order chi connectivity index (χ0) is 12.2. The molecule has 0 amide bonds. The van der Waals surface area contributed by atoms with E-state index >= 15 is 0 Å². The second kappa shape index (κ2) is 5.21. The first-order valence-electron chi connectivity index (χ1n) is 6.24. The van der Waals surface area contributed by atoms with E-state index in [1.807, 2.05) is 0 Å². The van der Waals surface area contributed by atoms with Gasteiger partial charge in [-0.25, -0.2) is 0 Å². The Morgan fingerprint density at radius 1 is 1.31 bits per heavy atom. The maximum absolute atomic E-state index is 6.03. The lowest BCUT2D eigenvalue weighted by molar-refractivity contribution is -0.0697. The predicted molar refractivity (Wildman–Crippen MR) is 68.3 cm³/mol. The highest BCUT2D eigenvalue weighted by atomic mass is 16.5. The van der Waals surface area contributed by atoms with Crippen molar-refractivity contribution < 1.29 is 4.74 Å². The molecular weight excluding hydrogens is 198 g/mol. The molecule has 1 atom stereocenters. The van der Waals surface area contributed by atoms with Crippen molar-refractivity contribution in [1.82, 2.24) is 5.32 Å². The fourth-order valence-corrected chi connectivity index (χ4v) is 2.51. The second-order valence-electron chi connectivity index (χ2n) is 5.84. The summed E-state index contributed by atoms with van der Waals surface area (Å²) < 4.78 is 6.03. The van der Waals surface area contributed by atoms with Crippen molar-refractivity contribution in [1.29, 1.82) is 0 Å². The standard InChI is InChI=1S/C14H25NO/c1-6-7-8-9-10-15-12-11-13(2,3)16-14(12,4)5/h1,12,15H,7-11H2,2-5H3. The van der Waals surface area contributed by atoms with Gasteiger partial charge in [0.2, 0.25) is 0 Å². The SMILES string of the molecule is C#CCCCCNC1CC(C)(C)OC1(C)C. The molecule has 0 saturated carbocycles. The van der Waals surface area contributed by atoms with Crippen LogP contribution in [-0.2, 0) is 4.74 Å². The van der Waals surface area contributed by atoms with Crippen LogP contribution in [-0.4, -0.2) is 23.8 Å². The molecule has 16 heavy (non-hydrogen) atoms. The fraction of sp³-hybridized carbons (Fsp3) is 0.857. The molecule has 0 spiro atoms. The summed E-state index contributed by atoms with van der Waals surface area (Å²) in [6, 6.07) is 0.452. The molecule has 0 radical (unpaired) electrons. The Morgan fingerprint density at radius 3 is 2.50 bits per heavy atom. The lowest BCUT2D eigenvalue weighted by atomic mass is 9.94. The van der Waals surface area contributed by atoms with Gasteiger partial charge in [-0.05, 0) is 53.5 Å².